The SMILES string of the molecule is CCc1nccn1CCN1CCc2onc(-c3cccc4ccccc34)c2C1. The standard InChI is InChI=1S/C23H24N4O/c1-2-22-24-11-13-27(22)15-14-26-12-10-21-20(16-26)23(25-28-21)19-9-5-7-17-6-3-4-8-18(17)19/h3-9,11,13H,2,10,12,14-16H2,1H3. The zero-order chi connectivity index (χ0) is 18.9. The minimum Gasteiger partial charge on any atom is -0.360 e. The maximum atomic E-state index is 5.73. The molecule has 2 aromatic carbocycles. The summed E-state index contributed by atoms with van der Waals surface area (Å²) in [6.45, 7) is 6.01. The van der Waals surface area contributed by atoms with Crippen LogP contribution in [0, 0.1) is 0 Å². The maximum Gasteiger partial charge on any atom is 0.143 e. The number of aromatic nitrogens is 3. The lowest BCUT2D eigenvalue weighted by Crippen LogP contribution is -2.33. The van der Waals surface area contributed by atoms with Crippen molar-refractivity contribution in [3.05, 3.63) is 72.0 Å². The number of imidazole rings is 1. The molecule has 0 saturated carbocycles. The minimum atomic E-state index is 0.882. The molecule has 0 fully saturated rings. The second kappa shape index (κ2) is 7.24. The van der Waals surface area contributed by atoms with Gasteiger partial charge in [-0.15, -0.1) is 0 Å². The number of aryl methyl sites for hydroxylation is 1. The fourth-order valence-electron chi connectivity index (χ4n) is 4.21. The molecule has 0 unspecified atom stereocenters. The number of nitrogens with zero attached hydrogens (tertiary/aromatic N) is 4. The Morgan fingerprint density at radius 3 is 2.89 bits per heavy atom. The van der Waals surface area contributed by atoms with Crippen LogP contribution in [0.4, 0.5) is 0 Å². The molecule has 0 aliphatic carbocycles. The average molecular weight is 372 g/mol. The summed E-state index contributed by atoms with van der Waals surface area (Å²) in [4.78, 5) is 6.92. The third kappa shape index (κ3) is 3.02. The van der Waals surface area contributed by atoms with Gasteiger partial charge in [0.25, 0.3) is 0 Å². The largest absolute Gasteiger partial charge is 0.360 e. The highest BCUT2D eigenvalue weighted by Crippen LogP contribution is 2.34. The van der Waals surface area contributed by atoms with Crippen molar-refractivity contribution in [2.75, 3.05) is 13.1 Å². The molecule has 0 atom stereocenters. The Labute approximate surface area is 164 Å². The molecule has 1 aliphatic heterocycles. The number of benzene rings is 2. The van der Waals surface area contributed by atoms with Gasteiger partial charge in [0.15, 0.2) is 0 Å². The van der Waals surface area contributed by atoms with E-state index in [9.17, 15) is 0 Å². The summed E-state index contributed by atoms with van der Waals surface area (Å²) in [6, 6.07) is 14.9. The summed E-state index contributed by atoms with van der Waals surface area (Å²) in [5.74, 6) is 2.19. The van der Waals surface area contributed by atoms with E-state index in [1.165, 1.54) is 16.3 Å². The predicted octanol–water partition coefficient (Wildman–Crippen LogP) is 4.31. The number of fused-ring (bicyclic) bond motifs is 2. The van der Waals surface area contributed by atoms with Crippen LogP contribution in [-0.2, 0) is 25.9 Å². The molecule has 0 spiro atoms. The van der Waals surface area contributed by atoms with E-state index >= 15 is 0 Å². The molecule has 0 amide bonds. The third-order valence-electron chi connectivity index (χ3n) is 5.73. The highest BCUT2D eigenvalue weighted by Gasteiger charge is 2.25. The first-order valence-corrected chi connectivity index (χ1v) is 10.0. The van der Waals surface area contributed by atoms with Gasteiger partial charge in [0, 0.05) is 62.5 Å². The summed E-state index contributed by atoms with van der Waals surface area (Å²) < 4.78 is 7.99. The zero-order valence-corrected chi connectivity index (χ0v) is 16.1. The molecule has 0 N–H and O–H groups in total. The fraction of sp³-hybridized carbons (Fsp3) is 0.304. The number of hydrogen-bond donors (Lipinski definition) is 0. The quantitative estimate of drug-likeness (QED) is 0.524. The summed E-state index contributed by atoms with van der Waals surface area (Å²) in [7, 11) is 0. The van der Waals surface area contributed by atoms with Crippen molar-refractivity contribution in [2.45, 2.75) is 32.9 Å². The topological polar surface area (TPSA) is 47.1 Å². The van der Waals surface area contributed by atoms with Crippen molar-refractivity contribution in [3.63, 3.8) is 0 Å². The van der Waals surface area contributed by atoms with Crippen LogP contribution < -0.4 is 0 Å². The third-order valence-corrected chi connectivity index (χ3v) is 5.73. The van der Waals surface area contributed by atoms with Crippen molar-refractivity contribution in [3.8, 4) is 11.3 Å². The molecule has 3 heterocycles. The first-order chi connectivity index (χ1) is 13.8. The van der Waals surface area contributed by atoms with Crippen molar-refractivity contribution in [1.29, 1.82) is 0 Å². The van der Waals surface area contributed by atoms with Crippen LogP contribution in [0.25, 0.3) is 22.0 Å². The summed E-state index contributed by atoms with van der Waals surface area (Å²) in [5.41, 5.74) is 3.39. The van der Waals surface area contributed by atoms with Crippen LogP contribution in [0.3, 0.4) is 0 Å². The second-order valence-electron chi connectivity index (χ2n) is 7.38. The van der Waals surface area contributed by atoms with Gasteiger partial charge in [0.1, 0.15) is 17.3 Å². The van der Waals surface area contributed by atoms with E-state index in [1.54, 1.807) is 0 Å². The van der Waals surface area contributed by atoms with Gasteiger partial charge < -0.3 is 9.09 Å². The summed E-state index contributed by atoms with van der Waals surface area (Å²) >= 11 is 0. The van der Waals surface area contributed by atoms with Crippen molar-refractivity contribution >= 4 is 10.8 Å². The van der Waals surface area contributed by atoms with Gasteiger partial charge in [-0.3, -0.25) is 4.90 Å². The Kier molecular flexibility index (Phi) is 4.45. The van der Waals surface area contributed by atoms with E-state index in [0.29, 0.717) is 0 Å². The minimum absolute atomic E-state index is 0.882. The second-order valence-corrected chi connectivity index (χ2v) is 7.38. The van der Waals surface area contributed by atoms with Gasteiger partial charge in [0.05, 0.1) is 0 Å². The average Bonchev–Trinajstić information content (AvgIpc) is 3.38. The molecule has 0 saturated heterocycles. The van der Waals surface area contributed by atoms with Crippen molar-refractivity contribution in [2.24, 2.45) is 0 Å². The molecule has 5 nitrogen and oxygen atoms in total. The first-order valence-electron chi connectivity index (χ1n) is 10.0. The lowest BCUT2D eigenvalue weighted by atomic mass is 9.97. The Morgan fingerprint density at radius 1 is 1.07 bits per heavy atom. The summed E-state index contributed by atoms with van der Waals surface area (Å²) in [6.07, 6.45) is 5.85. The monoisotopic (exact) mass is 372 g/mol. The Hall–Kier alpha value is -2.92. The Bertz CT molecular complexity index is 1110. The van der Waals surface area contributed by atoms with Crippen LogP contribution in [-0.4, -0.2) is 32.7 Å². The fourth-order valence-corrected chi connectivity index (χ4v) is 4.21. The van der Waals surface area contributed by atoms with E-state index in [0.717, 1.165) is 61.9 Å². The molecule has 4 aromatic rings. The van der Waals surface area contributed by atoms with Gasteiger partial charge in [-0.25, -0.2) is 4.98 Å². The van der Waals surface area contributed by atoms with Crippen LogP contribution >= 0.6 is 0 Å². The molecule has 0 radical (unpaired) electrons. The summed E-state index contributed by atoms with van der Waals surface area (Å²) in [5, 5.41) is 6.93. The highest BCUT2D eigenvalue weighted by atomic mass is 16.5. The van der Waals surface area contributed by atoms with Gasteiger partial charge in [0.2, 0.25) is 0 Å². The van der Waals surface area contributed by atoms with Crippen LogP contribution in [0.15, 0.2) is 59.4 Å². The Balaban J connectivity index is 1.41. The molecule has 0 bridgehead atoms. The lowest BCUT2D eigenvalue weighted by molar-refractivity contribution is 0.227. The zero-order valence-electron chi connectivity index (χ0n) is 16.1. The van der Waals surface area contributed by atoms with Crippen molar-refractivity contribution < 1.29 is 4.52 Å². The molecule has 5 rings (SSSR count). The normalized spacial score (nSPS) is 14.5. The predicted molar refractivity (Wildman–Crippen MR) is 110 cm³/mol. The molecule has 1 aliphatic rings. The molecule has 5 heteroatoms. The number of rotatable bonds is 5. The van der Waals surface area contributed by atoms with E-state index in [-0.39, 0.29) is 0 Å². The van der Waals surface area contributed by atoms with Crippen LogP contribution in [0.5, 0.6) is 0 Å². The lowest BCUT2D eigenvalue weighted by Gasteiger charge is -2.26. The van der Waals surface area contributed by atoms with Gasteiger partial charge in [-0.2, -0.15) is 0 Å². The molecule has 142 valence electrons. The van der Waals surface area contributed by atoms with Crippen LogP contribution in [0.1, 0.15) is 24.1 Å². The van der Waals surface area contributed by atoms with E-state index in [4.69, 9.17) is 4.52 Å². The maximum absolute atomic E-state index is 5.73. The van der Waals surface area contributed by atoms with Gasteiger partial charge in [-0.05, 0) is 10.8 Å². The number of hydrogen-bond acceptors (Lipinski definition) is 4. The molecule has 2 aromatic heterocycles. The van der Waals surface area contributed by atoms with Gasteiger partial charge >= 0.3 is 0 Å². The van der Waals surface area contributed by atoms with Crippen molar-refractivity contribution in [1.82, 2.24) is 19.6 Å². The first kappa shape index (κ1) is 17.2. The molecular weight excluding hydrogens is 348 g/mol. The Morgan fingerprint density at radius 2 is 1.96 bits per heavy atom. The van der Waals surface area contributed by atoms with E-state index < -0.39 is 0 Å². The van der Waals surface area contributed by atoms with E-state index in [1.807, 2.05) is 6.20 Å². The molecular formula is C23H24N4O. The smallest absolute Gasteiger partial charge is 0.143 e. The van der Waals surface area contributed by atoms with Crippen LogP contribution in [0.2, 0.25) is 0 Å². The molecule has 28 heavy (non-hydrogen) atoms. The van der Waals surface area contributed by atoms with E-state index in [2.05, 4.69) is 75.2 Å². The highest BCUT2D eigenvalue weighted by molar-refractivity contribution is 5.96. The van der Waals surface area contributed by atoms with Gasteiger partial charge in [-0.1, -0.05) is 54.5 Å².